The Morgan fingerprint density at radius 2 is 1.85 bits per heavy atom. The second-order valence-corrected chi connectivity index (χ2v) is 9.39. The molecule has 0 saturated carbocycles. The van der Waals surface area contributed by atoms with Gasteiger partial charge in [-0.2, -0.15) is 0 Å². The Balaban J connectivity index is 1.41. The number of para-hydroxylation sites is 1. The van der Waals surface area contributed by atoms with Crippen LogP contribution in [0.3, 0.4) is 0 Å². The van der Waals surface area contributed by atoms with Crippen LogP contribution in [0.1, 0.15) is 15.3 Å². The molecule has 1 amide bonds. The lowest BCUT2D eigenvalue weighted by molar-refractivity contribution is -0.132. The predicted octanol–water partition coefficient (Wildman–Crippen LogP) is 4.78. The van der Waals surface area contributed by atoms with Gasteiger partial charge in [0.25, 0.3) is 5.56 Å². The zero-order valence-corrected chi connectivity index (χ0v) is 19.0. The smallest absolute Gasteiger partial charge is 0.297 e. The predicted molar refractivity (Wildman–Crippen MR) is 130 cm³/mol. The molecule has 0 N–H and O–H groups in total. The Morgan fingerprint density at radius 1 is 1.06 bits per heavy atom. The van der Waals surface area contributed by atoms with Crippen LogP contribution in [0, 0.1) is 6.92 Å². The summed E-state index contributed by atoms with van der Waals surface area (Å²) in [6, 6.07) is 21.6. The molecule has 0 unspecified atom stereocenters. The van der Waals surface area contributed by atoms with Crippen LogP contribution < -0.4 is 5.56 Å². The molecule has 3 heterocycles. The van der Waals surface area contributed by atoms with Crippen LogP contribution in [0.15, 0.2) is 82.3 Å². The van der Waals surface area contributed by atoms with Gasteiger partial charge >= 0.3 is 0 Å². The van der Waals surface area contributed by atoms with E-state index in [0.29, 0.717) is 24.2 Å². The van der Waals surface area contributed by atoms with Gasteiger partial charge in [0.2, 0.25) is 11.5 Å². The molecule has 0 atom stereocenters. The fourth-order valence-corrected chi connectivity index (χ4v) is 4.84. The third kappa shape index (κ3) is 4.45. The van der Waals surface area contributed by atoms with Crippen molar-refractivity contribution in [2.45, 2.75) is 26.4 Å². The van der Waals surface area contributed by atoms with Gasteiger partial charge in [-0.25, -0.2) is 4.98 Å². The molecule has 7 heteroatoms. The second kappa shape index (κ2) is 9.03. The average molecular weight is 458 g/mol. The summed E-state index contributed by atoms with van der Waals surface area (Å²) in [6.45, 7) is 3.05. The monoisotopic (exact) mass is 457 g/mol. The minimum Gasteiger partial charge on any atom is -0.448 e. The lowest BCUT2D eigenvalue weighted by Crippen LogP contribution is -2.37. The lowest BCUT2D eigenvalue weighted by Gasteiger charge is -2.22. The number of hydrogen-bond acceptors (Lipinski definition) is 5. The molecular formula is C26H23N3O3S. The van der Waals surface area contributed by atoms with E-state index in [-0.39, 0.29) is 23.6 Å². The van der Waals surface area contributed by atoms with E-state index in [4.69, 9.17) is 4.42 Å². The quantitative estimate of drug-likeness (QED) is 0.353. The summed E-state index contributed by atoms with van der Waals surface area (Å²) in [6.07, 6.45) is 2.18. The summed E-state index contributed by atoms with van der Waals surface area (Å²) >= 11 is 1.68. The van der Waals surface area contributed by atoms with E-state index in [1.165, 1.54) is 21.3 Å². The number of carbonyl (C=O) groups excluding carboxylic acids is 1. The zero-order valence-electron chi connectivity index (χ0n) is 18.2. The van der Waals surface area contributed by atoms with Crippen LogP contribution >= 0.6 is 11.3 Å². The van der Waals surface area contributed by atoms with Gasteiger partial charge in [0.05, 0.1) is 12.9 Å². The van der Waals surface area contributed by atoms with E-state index in [9.17, 15) is 9.59 Å². The van der Waals surface area contributed by atoms with Gasteiger partial charge in [-0.1, -0.05) is 42.5 Å². The van der Waals surface area contributed by atoms with E-state index in [0.717, 1.165) is 16.7 Å². The molecule has 166 valence electrons. The first-order chi connectivity index (χ1) is 16.1. The van der Waals surface area contributed by atoms with Crippen molar-refractivity contribution < 1.29 is 9.21 Å². The Hall–Kier alpha value is -3.71. The summed E-state index contributed by atoms with van der Waals surface area (Å²) in [5.41, 5.74) is 2.13. The van der Waals surface area contributed by atoms with Crippen molar-refractivity contribution in [3.63, 3.8) is 0 Å². The van der Waals surface area contributed by atoms with Crippen LogP contribution in [0.5, 0.6) is 0 Å². The van der Waals surface area contributed by atoms with Crippen molar-refractivity contribution in [3.8, 4) is 0 Å². The molecule has 0 aliphatic heterocycles. The second-order valence-electron chi connectivity index (χ2n) is 8.02. The maximum absolute atomic E-state index is 13.3. The highest BCUT2D eigenvalue weighted by Gasteiger charge is 2.19. The Bertz CT molecular complexity index is 1480. The van der Waals surface area contributed by atoms with Crippen molar-refractivity contribution >= 4 is 39.3 Å². The van der Waals surface area contributed by atoms with Crippen molar-refractivity contribution in [1.29, 1.82) is 0 Å². The standard InChI is InChI=1S/C26H23N3O3S/c1-18-11-12-20(33-18)15-28(14-13-19-7-3-2-4-8-19)23(30)16-29-17-27-24-21-9-5-6-10-22(21)32-25(24)26(29)31/h2-12,17H,13-16H2,1H3. The van der Waals surface area contributed by atoms with E-state index < -0.39 is 0 Å². The number of furan rings is 1. The average Bonchev–Trinajstić information content (AvgIpc) is 3.42. The molecule has 6 nitrogen and oxygen atoms in total. The van der Waals surface area contributed by atoms with Crippen LogP contribution in [0.4, 0.5) is 0 Å². The zero-order chi connectivity index (χ0) is 22.8. The maximum Gasteiger partial charge on any atom is 0.297 e. The minimum absolute atomic E-state index is 0.0854. The number of carbonyl (C=O) groups is 1. The summed E-state index contributed by atoms with van der Waals surface area (Å²) in [7, 11) is 0. The van der Waals surface area contributed by atoms with Crippen molar-refractivity contribution in [2.75, 3.05) is 6.54 Å². The summed E-state index contributed by atoms with van der Waals surface area (Å²) in [5.74, 6) is -0.128. The normalized spacial score (nSPS) is 11.3. The molecular weight excluding hydrogens is 434 g/mol. The summed E-state index contributed by atoms with van der Waals surface area (Å²) < 4.78 is 7.09. The van der Waals surface area contributed by atoms with Crippen molar-refractivity contribution in [2.24, 2.45) is 0 Å². The topological polar surface area (TPSA) is 68.3 Å². The molecule has 0 radical (unpaired) electrons. The van der Waals surface area contributed by atoms with Gasteiger partial charge in [-0.3, -0.25) is 14.2 Å². The minimum atomic E-state index is -0.348. The lowest BCUT2D eigenvalue weighted by atomic mass is 10.1. The highest BCUT2D eigenvalue weighted by atomic mass is 32.1. The fourth-order valence-electron chi connectivity index (χ4n) is 3.93. The third-order valence-corrected chi connectivity index (χ3v) is 6.65. The van der Waals surface area contributed by atoms with E-state index in [2.05, 4.69) is 36.2 Å². The molecule has 0 fully saturated rings. The molecule has 0 spiro atoms. The van der Waals surface area contributed by atoms with E-state index in [1.54, 1.807) is 17.4 Å². The first-order valence-electron chi connectivity index (χ1n) is 10.8. The first-order valence-corrected chi connectivity index (χ1v) is 11.6. The number of aromatic nitrogens is 2. The number of fused-ring (bicyclic) bond motifs is 3. The number of amides is 1. The number of nitrogens with zero attached hydrogens (tertiary/aromatic N) is 3. The molecule has 0 bridgehead atoms. The number of thiophene rings is 1. The van der Waals surface area contributed by atoms with Crippen LogP contribution in [-0.2, 0) is 24.3 Å². The fraction of sp³-hybridized carbons (Fsp3) is 0.192. The molecule has 5 aromatic rings. The largest absolute Gasteiger partial charge is 0.448 e. The number of hydrogen-bond donors (Lipinski definition) is 0. The van der Waals surface area contributed by atoms with Gasteiger partial charge in [0.1, 0.15) is 17.6 Å². The number of aryl methyl sites for hydroxylation is 1. The van der Waals surface area contributed by atoms with Crippen LogP contribution in [-0.4, -0.2) is 26.9 Å². The number of benzene rings is 2. The third-order valence-electron chi connectivity index (χ3n) is 5.66. The highest BCUT2D eigenvalue weighted by Crippen LogP contribution is 2.24. The SMILES string of the molecule is Cc1ccc(CN(CCc2ccccc2)C(=O)Cn2cnc3c(oc4ccccc43)c2=O)s1. The van der Waals surface area contributed by atoms with Gasteiger partial charge in [0.15, 0.2) is 0 Å². The van der Waals surface area contributed by atoms with Gasteiger partial charge in [0, 0.05) is 21.7 Å². The Labute approximate surface area is 194 Å². The summed E-state index contributed by atoms with van der Waals surface area (Å²) in [4.78, 5) is 34.9. The van der Waals surface area contributed by atoms with Gasteiger partial charge < -0.3 is 9.32 Å². The van der Waals surface area contributed by atoms with Gasteiger partial charge in [-0.15, -0.1) is 11.3 Å². The molecule has 33 heavy (non-hydrogen) atoms. The Morgan fingerprint density at radius 3 is 2.64 bits per heavy atom. The molecule has 5 rings (SSSR count). The Kier molecular flexibility index (Phi) is 5.79. The molecule has 3 aromatic heterocycles. The maximum atomic E-state index is 13.3. The van der Waals surface area contributed by atoms with Crippen molar-refractivity contribution in [3.05, 3.63) is 98.7 Å². The van der Waals surface area contributed by atoms with E-state index >= 15 is 0 Å². The molecule has 0 saturated heterocycles. The first kappa shape index (κ1) is 21.2. The van der Waals surface area contributed by atoms with Crippen molar-refractivity contribution in [1.82, 2.24) is 14.5 Å². The molecule has 0 aliphatic carbocycles. The number of rotatable bonds is 7. The van der Waals surface area contributed by atoms with Crippen LogP contribution in [0.25, 0.3) is 22.1 Å². The summed E-state index contributed by atoms with van der Waals surface area (Å²) in [5, 5.41) is 0.792. The van der Waals surface area contributed by atoms with Gasteiger partial charge in [-0.05, 0) is 43.2 Å². The molecule has 2 aromatic carbocycles. The van der Waals surface area contributed by atoms with Crippen LogP contribution in [0.2, 0.25) is 0 Å². The molecule has 0 aliphatic rings. The highest BCUT2D eigenvalue weighted by molar-refractivity contribution is 7.11. The van der Waals surface area contributed by atoms with E-state index in [1.807, 2.05) is 41.3 Å².